The molecule has 1 unspecified atom stereocenters. The van der Waals surface area contributed by atoms with Crippen LogP contribution in [0.2, 0.25) is 15.1 Å². The summed E-state index contributed by atoms with van der Waals surface area (Å²) in [7, 11) is 0. The molecule has 2 rings (SSSR count). The molecular formula is C24H24Cl3F3N2OS. The Bertz CT molecular complexity index is 1050. The van der Waals surface area contributed by atoms with Crippen LogP contribution in [-0.2, 0) is 0 Å². The van der Waals surface area contributed by atoms with Crippen molar-refractivity contribution in [2.75, 3.05) is 13.1 Å². The molecule has 10 heteroatoms. The van der Waals surface area contributed by atoms with E-state index in [0.29, 0.717) is 41.2 Å². The summed E-state index contributed by atoms with van der Waals surface area (Å²) in [4.78, 5) is 12.5. The van der Waals surface area contributed by atoms with Crippen LogP contribution in [0.5, 0.6) is 0 Å². The second-order valence-electron chi connectivity index (χ2n) is 7.56. The molecule has 0 radical (unpaired) electrons. The summed E-state index contributed by atoms with van der Waals surface area (Å²) in [6.45, 7) is 4.97. The van der Waals surface area contributed by atoms with Crippen molar-refractivity contribution in [1.29, 1.82) is 0 Å². The fourth-order valence-corrected chi connectivity index (χ4v) is 4.14. The number of rotatable bonds is 9. The Morgan fingerprint density at radius 1 is 1.12 bits per heavy atom. The number of hydrogen-bond acceptors (Lipinski definition) is 2. The first-order valence-electron chi connectivity index (χ1n) is 10.5. The first-order chi connectivity index (χ1) is 15.9. The van der Waals surface area contributed by atoms with Gasteiger partial charge in [0, 0.05) is 25.1 Å². The van der Waals surface area contributed by atoms with E-state index in [1.165, 1.54) is 6.08 Å². The van der Waals surface area contributed by atoms with Gasteiger partial charge in [-0.2, -0.15) is 13.2 Å². The number of thiocarbonyl (C=S) groups is 1. The molecule has 2 aromatic carbocycles. The molecule has 0 aliphatic carbocycles. The summed E-state index contributed by atoms with van der Waals surface area (Å²) in [5, 5.41) is 6.43. The van der Waals surface area contributed by atoms with Crippen LogP contribution in [0.25, 0.3) is 6.08 Å². The largest absolute Gasteiger partial charge is 0.399 e. The number of nitrogens with one attached hydrogen (secondary N) is 2. The van der Waals surface area contributed by atoms with E-state index in [0.717, 1.165) is 24.8 Å². The molecule has 0 amide bonds. The van der Waals surface area contributed by atoms with E-state index in [2.05, 4.69) is 10.6 Å². The van der Waals surface area contributed by atoms with Crippen LogP contribution < -0.4 is 10.6 Å². The van der Waals surface area contributed by atoms with Gasteiger partial charge in [0.25, 0.3) is 0 Å². The Kier molecular flexibility index (Phi) is 10.7. The Balaban J connectivity index is 2.12. The zero-order valence-electron chi connectivity index (χ0n) is 18.5. The maximum atomic E-state index is 13.7. The Morgan fingerprint density at radius 3 is 2.32 bits per heavy atom. The molecular weight excluding hydrogens is 528 g/mol. The Morgan fingerprint density at radius 2 is 1.76 bits per heavy atom. The molecule has 1 atom stereocenters. The van der Waals surface area contributed by atoms with E-state index in [1.807, 2.05) is 6.92 Å². The molecule has 0 heterocycles. The molecule has 0 bridgehead atoms. The summed E-state index contributed by atoms with van der Waals surface area (Å²) < 4.78 is 41.2. The molecule has 2 N–H and O–H groups in total. The fourth-order valence-electron chi connectivity index (χ4n) is 3.28. The molecule has 0 saturated heterocycles. The van der Waals surface area contributed by atoms with Crippen molar-refractivity contribution in [3.63, 3.8) is 0 Å². The van der Waals surface area contributed by atoms with Crippen LogP contribution in [0.1, 0.15) is 52.7 Å². The van der Waals surface area contributed by atoms with Gasteiger partial charge in [0.2, 0.25) is 0 Å². The van der Waals surface area contributed by atoms with E-state index >= 15 is 0 Å². The van der Waals surface area contributed by atoms with Gasteiger partial charge in [-0.1, -0.05) is 65.2 Å². The molecule has 184 valence electrons. The van der Waals surface area contributed by atoms with Gasteiger partial charge in [-0.05, 0) is 61.3 Å². The molecule has 3 nitrogen and oxygen atoms in total. The van der Waals surface area contributed by atoms with Crippen LogP contribution in [0.3, 0.4) is 0 Å². The average molecular weight is 552 g/mol. The van der Waals surface area contributed by atoms with Gasteiger partial charge in [-0.15, -0.1) is 0 Å². The van der Waals surface area contributed by atoms with Crippen LogP contribution >= 0.6 is 47.0 Å². The lowest BCUT2D eigenvalue weighted by Gasteiger charge is -2.18. The standard InChI is InChI=1S/C24H24Cl3F3N2OS/c1-3-31-23(34)32-10-4-5-21(33)17-8-6-15(11-14(17)2)7-9-18(24(28,29)30)16-12-19(25)22(27)20(26)13-16/h6-9,11-13,18H,3-5,10H2,1-2H3,(H2,31,32,34)/b9-7+. The van der Waals surface area contributed by atoms with Gasteiger partial charge in [-0.25, -0.2) is 0 Å². The van der Waals surface area contributed by atoms with Gasteiger partial charge in [0.05, 0.1) is 21.0 Å². The fraction of sp³-hybridized carbons (Fsp3) is 0.333. The van der Waals surface area contributed by atoms with Crippen molar-refractivity contribution in [2.45, 2.75) is 38.8 Å². The Hall–Kier alpha value is -1.80. The zero-order chi connectivity index (χ0) is 25.5. The van der Waals surface area contributed by atoms with Crippen molar-refractivity contribution in [1.82, 2.24) is 10.6 Å². The third-order valence-electron chi connectivity index (χ3n) is 4.95. The van der Waals surface area contributed by atoms with E-state index < -0.39 is 12.1 Å². The van der Waals surface area contributed by atoms with Crippen LogP contribution in [0, 0.1) is 6.92 Å². The first-order valence-corrected chi connectivity index (χ1v) is 12.0. The number of halogens is 6. The summed E-state index contributed by atoms with van der Waals surface area (Å²) in [6.07, 6.45) is -1.24. The molecule has 2 aromatic rings. The van der Waals surface area contributed by atoms with Gasteiger partial charge >= 0.3 is 6.18 Å². The van der Waals surface area contributed by atoms with Crippen molar-refractivity contribution in [2.24, 2.45) is 0 Å². The SMILES string of the molecule is CCNC(=S)NCCCC(=O)c1ccc(/C=C/C(c2cc(Cl)c(Cl)c(Cl)c2)C(F)(F)F)cc1C. The Labute approximate surface area is 217 Å². The number of alkyl halides is 3. The maximum absolute atomic E-state index is 13.7. The zero-order valence-corrected chi connectivity index (χ0v) is 21.6. The number of Topliss-reactive ketones (excluding diaryl/α,β-unsaturated/α-hetero) is 1. The van der Waals surface area contributed by atoms with E-state index in [-0.39, 0.29) is 26.4 Å². The topological polar surface area (TPSA) is 41.1 Å². The summed E-state index contributed by atoms with van der Waals surface area (Å²) >= 11 is 22.8. The highest BCUT2D eigenvalue weighted by Crippen LogP contribution is 2.41. The second-order valence-corrected chi connectivity index (χ2v) is 9.16. The minimum absolute atomic E-state index is 0.00369. The predicted molar refractivity (Wildman–Crippen MR) is 138 cm³/mol. The van der Waals surface area contributed by atoms with Crippen LogP contribution in [-0.4, -0.2) is 30.2 Å². The smallest absolute Gasteiger partial charge is 0.363 e. The van der Waals surface area contributed by atoms with E-state index in [1.54, 1.807) is 25.1 Å². The number of hydrogen-bond donors (Lipinski definition) is 2. The molecule has 0 spiro atoms. The highest BCUT2D eigenvalue weighted by atomic mass is 35.5. The molecule has 0 saturated carbocycles. The lowest BCUT2D eigenvalue weighted by molar-refractivity contribution is -0.139. The number of aryl methyl sites for hydroxylation is 1. The molecule has 0 aliphatic heterocycles. The minimum Gasteiger partial charge on any atom is -0.363 e. The van der Waals surface area contributed by atoms with Gasteiger partial charge in [-0.3, -0.25) is 4.79 Å². The minimum atomic E-state index is -4.56. The van der Waals surface area contributed by atoms with E-state index in [9.17, 15) is 18.0 Å². The first kappa shape index (κ1) is 28.4. The molecule has 34 heavy (non-hydrogen) atoms. The van der Waals surface area contributed by atoms with Gasteiger partial charge in [0.1, 0.15) is 0 Å². The molecule has 0 fully saturated rings. The van der Waals surface area contributed by atoms with Crippen LogP contribution in [0.15, 0.2) is 36.4 Å². The number of carbonyl (C=O) groups is 1. The normalized spacial score (nSPS) is 12.6. The average Bonchev–Trinajstić information content (AvgIpc) is 2.74. The highest BCUT2D eigenvalue weighted by molar-refractivity contribution is 7.80. The van der Waals surface area contributed by atoms with Gasteiger partial charge < -0.3 is 10.6 Å². The van der Waals surface area contributed by atoms with Gasteiger partial charge in [0.15, 0.2) is 10.9 Å². The van der Waals surface area contributed by atoms with E-state index in [4.69, 9.17) is 47.0 Å². The van der Waals surface area contributed by atoms with Crippen molar-refractivity contribution in [3.05, 3.63) is 73.7 Å². The van der Waals surface area contributed by atoms with Crippen LogP contribution in [0.4, 0.5) is 13.2 Å². The lowest BCUT2D eigenvalue weighted by atomic mass is 9.95. The number of benzene rings is 2. The number of ketones is 1. The van der Waals surface area contributed by atoms with Crippen molar-refractivity contribution in [3.8, 4) is 0 Å². The van der Waals surface area contributed by atoms with Crippen molar-refractivity contribution < 1.29 is 18.0 Å². The number of allylic oxidation sites excluding steroid dienone is 1. The monoisotopic (exact) mass is 550 g/mol. The van der Waals surface area contributed by atoms with Crippen molar-refractivity contribution >= 4 is 64.0 Å². The maximum Gasteiger partial charge on any atom is 0.399 e. The summed E-state index contributed by atoms with van der Waals surface area (Å²) in [6, 6.07) is 7.24. The molecule has 0 aromatic heterocycles. The quantitative estimate of drug-likeness (QED) is 0.145. The third-order valence-corrected chi connectivity index (χ3v) is 6.44. The third kappa shape index (κ3) is 8.15. The summed E-state index contributed by atoms with van der Waals surface area (Å²) in [5.41, 5.74) is 1.64. The lowest BCUT2D eigenvalue weighted by Crippen LogP contribution is -2.35. The number of carbonyl (C=O) groups excluding carboxylic acids is 1. The predicted octanol–water partition coefficient (Wildman–Crippen LogP) is 7.76. The highest BCUT2D eigenvalue weighted by Gasteiger charge is 2.39. The molecule has 0 aliphatic rings. The second kappa shape index (κ2) is 12.8. The summed E-state index contributed by atoms with van der Waals surface area (Å²) in [5.74, 6) is -1.97.